The van der Waals surface area contributed by atoms with Crippen LogP contribution < -0.4 is 14.8 Å². The number of rotatable bonds is 11. The summed E-state index contributed by atoms with van der Waals surface area (Å²) in [7, 11) is 0. The zero-order valence-electron chi connectivity index (χ0n) is 18.8. The zero-order chi connectivity index (χ0) is 23.5. The number of hydrogen-bond donors (Lipinski definition) is 1. The lowest BCUT2D eigenvalue weighted by atomic mass is 10.1. The van der Waals surface area contributed by atoms with Crippen LogP contribution in [-0.2, 0) is 14.3 Å². The van der Waals surface area contributed by atoms with Gasteiger partial charge < -0.3 is 24.4 Å². The topological polar surface area (TPSA) is 94.2 Å². The van der Waals surface area contributed by atoms with Crippen LogP contribution in [-0.4, -0.2) is 61.6 Å². The largest absolute Gasteiger partial charge is 0.494 e. The fourth-order valence-electron chi connectivity index (χ4n) is 3.40. The summed E-state index contributed by atoms with van der Waals surface area (Å²) in [5.74, 6) is 0.126. The average Bonchev–Trinajstić information content (AvgIpc) is 2.84. The molecule has 0 bridgehead atoms. The number of carbonyl (C=O) groups is 3. The van der Waals surface area contributed by atoms with Crippen molar-refractivity contribution in [3.05, 3.63) is 60.2 Å². The number of hydrogen-bond acceptors (Lipinski definition) is 6. The fourth-order valence-corrected chi connectivity index (χ4v) is 3.40. The molecular formula is C25H30N2O6. The van der Waals surface area contributed by atoms with Crippen LogP contribution in [0.3, 0.4) is 0 Å². The Morgan fingerprint density at radius 2 is 1.67 bits per heavy atom. The van der Waals surface area contributed by atoms with E-state index in [9.17, 15) is 14.4 Å². The molecule has 1 heterocycles. The normalized spacial score (nSPS) is 15.5. The van der Waals surface area contributed by atoms with Crippen molar-refractivity contribution in [3.63, 3.8) is 0 Å². The first-order valence-corrected chi connectivity index (χ1v) is 11.2. The molecule has 3 rings (SSSR count). The van der Waals surface area contributed by atoms with E-state index in [1.165, 1.54) is 4.90 Å². The molecule has 0 aliphatic carbocycles. The van der Waals surface area contributed by atoms with Crippen molar-refractivity contribution < 1.29 is 28.6 Å². The molecular weight excluding hydrogens is 424 g/mol. The maximum Gasteiger partial charge on any atom is 0.308 e. The van der Waals surface area contributed by atoms with E-state index in [2.05, 4.69) is 12.2 Å². The standard InChI is InChI=1S/C25H30N2O6/c1-2-3-15-31-21-11-9-19(10-12-21)25(30)27-14-13-26-24(29)22(27)18-23(28)33-17-16-32-20-7-5-4-6-8-20/h4-12,22H,2-3,13-18H2,1H3,(H,26,29). The highest BCUT2D eigenvalue weighted by Gasteiger charge is 2.35. The van der Waals surface area contributed by atoms with Crippen molar-refractivity contribution in [2.45, 2.75) is 32.2 Å². The highest BCUT2D eigenvalue weighted by Crippen LogP contribution is 2.18. The Balaban J connectivity index is 1.53. The van der Waals surface area contributed by atoms with Gasteiger partial charge in [-0.15, -0.1) is 0 Å². The van der Waals surface area contributed by atoms with Gasteiger partial charge in [-0.3, -0.25) is 14.4 Å². The van der Waals surface area contributed by atoms with Crippen molar-refractivity contribution in [2.24, 2.45) is 0 Å². The number of para-hydroxylation sites is 1. The van der Waals surface area contributed by atoms with Crippen LogP contribution in [0, 0.1) is 0 Å². The van der Waals surface area contributed by atoms with Crippen molar-refractivity contribution in [1.82, 2.24) is 10.2 Å². The summed E-state index contributed by atoms with van der Waals surface area (Å²) in [6.07, 6.45) is 1.78. The number of esters is 1. The molecule has 176 valence electrons. The molecule has 1 saturated heterocycles. The Bertz CT molecular complexity index is 916. The summed E-state index contributed by atoms with van der Waals surface area (Å²) < 4.78 is 16.3. The van der Waals surface area contributed by atoms with Gasteiger partial charge in [0.15, 0.2) is 0 Å². The highest BCUT2D eigenvalue weighted by atomic mass is 16.6. The predicted octanol–water partition coefficient (Wildman–Crippen LogP) is 2.82. The van der Waals surface area contributed by atoms with Crippen molar-refractivity contribution >= 4 is 17.8 Å². The molecule has 1 aliphatic rings. The van der Waals surface area contributed by atoms with Crippen molar-refractivity contribution in [1.29, 1.82) is 0 Å². The van der Waals surface area contributed by atoms with Crippen LogP contribution in [0.1, 0.15) is 36.5 Å². The monoisotopic (exact) mass is 454 g/mol. The van der Waals surface area contributed by atoms with E-state index in [4.69, 9.17) is 14.2 Å². The van der Waals surface area contributed by atoms with Gasteiger partial charge in [-0.1, -0.05) is 31.5 Å². The molecule has 8 nitrogen and oxygen atoms in total. The van der Waals surface area contributed by atoms with E-state index in [1.807, 2.05) is 30.3 Å². The summed E-state index contributed by atoms with van der Waals surface area (Å²) in [6.45, 7) is 3.60. The smallest absolute Gasteiger partial charge is 0.308 e. The number of nitrogens with one attached hydrogen (secondary N) is 1. The minimum Gasteiger partial charge on any atom is -0.494 e. The first-order chi connectivity index (χ1) is 16.1. The SMILES string of the molecule is CCCCOc1ccc(C(=O)N2CCNC(=O)C2CC(=O)OCCOc2ccccc2)cc1. The summed E-state index contributed by atoms with van der Waals surface area (Å²) in [5, 5.41) is 2.72. The molecule has 8 heteroatoms. The van der Waals surface area contributed by atoms with E-state index in [-0.39, 0.29) is 31.4 Å². The van der Waals surface area contributed by atoms with Crippen LogP contribution in [0.2, 0.25) is 0 Å². The maximum absolute atomic E-state index is 13.1. The van der Waals surface area contributed by atoms with Gasteiger partial charge in [0, 0.05) is 18.7 Å². The molecule has 1 N–H and O–H groups in total. The minimum atomic E-state index is -0.922. The quantitative estimate of drug-likeness (QED) is 0.415. The number of nitrogens with zero attached hydrogens (tertiary/aromatic N) is 1. The number of unbranched alkanes of at least 4 members (excludes halogenated alkanes) is 1. The first-order valence-electron chi connectivity index (χ1n) is 11.2. The van der Waals surface area contributed by atoms with Crippen LogP contribution >= 0.6 is 0 Å². The first kappa shape index (κ1) is 24.1. The van der Waals surface area contributed by atoms with Gasteiger partial charge in [0.1, 0.15) is 30.8 Å². The third kappa shape index (κ3) is 7.24. The molecule has 2 aromatic carbocycles. The van der Waals surface area contributed by atoms with Gasteiger partial charge in [0.25, 0.3) is 5.91 Å². The maximum atomic E-state index is 13.1. The second-order valence-corrected chi connectivity index (χ2v) is 7.62. The lowest BCUT2D eigenvalue weighted by Gasteiger charge is -2.34. The summed E-state index contributed by atoms with van der Waals surface area (Å²) in [4.78, 5) is 39.2. The van der Waals surface area contributed by atoms with Crippen LogP contribution in [0.4, 0.5) is 0 Å². The molecule has 0 spiro atoms. The minimum absolute atomic E-state index is 0.0511. The molecule has 2 amide bonds. The highest BCUT2D eigenvalue weighted by molar-refractivity contribution is 5.99. The number of benzene rings is 2. The average molecular weight is 455 g/mol. The lowest BCUT2D eigenvalue weighted by molar-refractivity contribution is -0.148. The second-order valence-electron chi connectivity index (χ2n) is 7.62. The van der Waals surface area contributed by atoms with E-state index >= 15 is 0 Å². The van der Waals surface area contributed by atoms with Crippen LogP contribution in [0.5, 0.6) is 11.5 Å². The van der Waals surface area contributed by atoms with Crippen LogP contribution in [0.15, 0.2) is 54.6 Å². The molecule has 1 aliphatic heterocycles. The molecule has 2 aromatic rings. The Labute approximate surface area is 193 Å². The number of piperazine rings is 1. The molecule has 0 saturated carbocycles. The van der Waals surface area contributed by atoms with E-state index in [0.29, 0.717) is 36.8 Å². The molecule has 1 atom stereocenters. The third-order valence-electron chi connectivity index (χ3n) is 5.18. The number of carbonyl (C=O) groups excluding carboxylic acids is 3. The Hall–Kier alpha value is -3.55. The van der Waals surface area contributed by atoms with E-state index < -0.39 is 12.0 Å². The Morgan fingerprint density at radius 1 is 0.970 bits per heavy atom. The Kier molecular flexibility index (Phi) is 9.11. The molecule has 0 aromatic heterocycles. The van der Waals surface area contributed by atoms with Gasteiger partial charge in [0.2, 0.25) is 5.91 Å². The number of ether oxygens (including phenoxy) is 3. The zero-order valence-corrected chi connectivity index (χ0v) is 18.8. The molecule has 0 radical (unpaired) electrons. The predicted molar refractivity (Wildman–Crippen MR) is 122 cm³/mol. The molecule has 1 unspecified atom stereocenters. The van der Waals surface area contributed by atoms with E-state index in [0.717, 1.165) is 12.8 Å². The van der Waals surface area contributed by atoms with Crippen molar-refractivity contribution in [2.75, 3.05) is 32.9 Å². The Morgan fingerprint density at radius 3 is 2.39 bits per heavy atom. The van der Waals surface area contributed by atoms with Crippen LogP contribution in [0.25, 0.3) is 0 Å². The van der Waals surface area contributed by atoms with Crippen molar-refractivity contribution in [3.8, 4) is 11.5 Å². The lowest BCUT2D eigenvalue weighted by Crippen LogP contribution is -2.57. The fraction of sp³-hybridized carbons (Fsp3) is 0.400. The van der Waals surface area contributed by atoms with Gasteiger partial charge >= 0.3 is 5.97 Å². The summed E-state index contributed by atoms with van der Waals surface area (Å²) >= 11 is 0. The molecule has 33 heavy (non-hydrogen) atoms. The van der Waals surface area contributed by atoms with Gasteiger partial charge in [-0.2, -0.15) is 0 Å². The van der Waals surface area contributed by atoms with E-state index in [1.54, 1.807) is 24.3 Å². The molecule has 1 fully saturated rings. The summed E-state index contributed by atoms with van der Waals surface area (Å²) in [5.41, 5.74) is 0.433. The third-order valence-corrected chi connectivity index (χ3v) is 5.18. The second kappa shape index (κ2) is 12.5. The van der Waals surface area contributed by atoms with Gasteiger partial charge in [-0.25, -0.2) is 0 Å². The van der Waals surface area contributed by atoms with Gasteiger partial charge in [0.05, 0.1) is 13.0 Å². The van der Waals surface area contributed by atoms with Gasteiger partial charge in [-0.05, 0) is 42.8 Å². The number of amides is 2. The summed E-state index contributed by atoms with van der Waals surface area (Å²) in [6, 6.07) is 15.1.